The fourth-order valence-corrected chi connectivity index (χ4v) is 5.66. The molecule has 46 heavy (non-hydrogen) atoms. The van der Waals surface area contributed by atoms with Crippen LogP contribution in [0.5, 0.6) is 0 Å². The van der Waals surface area contributed by atoms with Crippen LogP contribution in [0.25, 0.3) is 0 Å². The summed E-state index contributed by atoms with van der Waals surface area (Å²) in [5.74, 6) is 0. The molecule has 0 bridgehead atoms. The van der Waals surface area contributed by atoms with Crippen LogP contribution in [0.3, 0.4) is 0 Å². The summed E-state index contributed by atoms with van der Waals surface area (Å²) in [7, 11) is 1.16. The quantitative estimate of drug-likeness (QED) is 0.0963. The molecule has 0 aliphatic carbocycles. The number of hydrogen-bond acceptors (Lipinski definition) is 21. The van der Waals surface area contributed by atoms with Crippen molar-refractivity contribution in [2.75, 3.05) is 33.5 Å². The molecule has 4 rings (SSSR count). The summed E-state index contributed by atoms with van der Waals surface area (Å²) in [5, 5.41) is 134. The third-order valence-corrected chi connectivity index (χ3v) is 8.43. The molecule has 13 N–H and O–H groups in total. The summed E-state index contributed by atoms with van der Waals surface area (Å²) in [6.45, 7) is -3.26. The number of ether oxygens (including phenoxy) is 8. The molecular formula is C25H44O21. The van der Waals surface area contributed by atoms with Gasteiger partial charge in [0.1, 0.15) is 97.7 Å². The molecule has 20 atom stereocenters. The zero-order chi connectivity index (χ0) is 34.0. The minimum Gasteiger partial charge on any atom is -0.394 e. The van der Waals surface area contributed by atoms with E-state index in [0.717, 1.165) is 7.11 Å². The second kappa shape index (κ2) is 16.2. The van der Waals surface area contributed by atoms with E-state index < -0.39 is 149 Å². The SMILES string of the molecule is COC1OC(CO)C(O)C(O)C1OC1OC(CO)C(O)C(O)C1OC1OC(CO)C(O)C(O)C1OC1OC(CO)C(O)C(O)C1O. The van der Waals surface area contributed by atoms with Crippen LogP contribution in [0.15, 0.2) is 0 Å². The van der Waals surface area contributed by atoms with Crippen LogP contribution >= 0.6 is 0 Å². The van der Waals surface area contributed by atoms with E-state index in [1.165, 1.54) is 0 Å². The first-order chi connectivity index (χ1) is 21.8. The first-order valence-electron chi connectivity index (χ1n) is 14.5. The van der Waals surface area contributed by atoms with E-state index in [0.29, 0.717) is 0 Å². The molecule has 20 unspecified atom stereocenters. The van der Waals surface area contributed by atoms with Gasteiger partial charge in [0.2, 0.25) is 0 Å². The predicted octanol–water partition coefficient (Wildman–Crippen LogP) is -9.09. The lowest BCUT2D eigenvalue weighted by molar-refractivity contribution is -0.405. The standard InChI is InChI=1S/C25H44O21/c1-39-23-19(15(35)11(31)7(3-27)41-23)45-25-21(17(37)13(33)9(5-29)43-25)46-24-20(16(36)12(32)8(4-28)42-24)44-22-18(38)14(34)10(30)6(2-26)40-22/h6-38H,2-5H2,1H3. The molecule has 0 amide bonds. The van der Waals surface area contributed by atoms with E-state index in [1.807, 2.05) is 0 Å². The van der Waals surface area contributed by atoms with Gasteiger partial charge in [-0.25, -0.2) is 0 Å². The molecule has 0 aromatic carbocycles. The van der Waals surface area contributed by atoms with Crippen LogP contribution in [-0.4, -0.2) is 223 Å². The van der Waals surface area contributed by atoms with E-state index >= 15 is 0 Å². The van der Waals surface area contributed by atoms with Crippen molar-refractivity contribution in [1.82, 2.24) is 0 Å². The topological polar surface area (TPSA) is 337 Å². The monoisotopic (exact) mass is 680 g/mol. The molecule has 0 spiro atoms. The van der Waals surface area contributed by atoms with Gasteiger partial charge in [-0.3, -0.25) is 0 Å². The fraction of sp³-hybridized carbons (Fsp3) is 1.00. The number of methoxy groups -OCH3 is 1. The van der Waals surface area contributed by atoms with Gasteiger partial charge in [0.25, 0.3) is 0 Å². The molecule has 0 saturated carbocycles. The second-order valence-corrected chi connectivity index (χ2v) is 11.4. The van der Waals surface area contributed by atoms with E-state index in [4.69, 9.17) is 37.9 Å². The summed E-state index contributed by atoms with van der Waals surface area (Å²) < 4.78 is 44.3. The van der Waals surface area contributed by atoms with Gasteiger partial charge >= 0.3 is 0 Å². The zero-order valence-electron chi connectivity index (χ0n) is 24.5. The Morgan fingerprint density at radius 2 is 0.652 bits per heavy atom. The Morgan fingerprint density at radius 1 is 0.370 bits per heavy atom. The van der Waals surface area contributed by atoms with Crippen LogP contribution in [0.1, 0.15) is 0 Å². The molecule has 270 valence electrons. The van der Waals surface area contributed by atoms with Crippen LogP contribution in [0, 0.1) is 0 Å². The van der Waals surface area contributed by atoms with Crippen molar-refractivity contribution in [2.45, 2.75) is 123 Å². The maximum absolute atomic E-state index is 11.0. The molecule has 4 saturated heterocycles. The van der Waals surface area contributed by atoms with Gasteiger partial charge < -0.3 is 104 Å². The van der Waals surface area contributed by atoms with Gasteiger partial charge in [-0.05, 0) is 0 Å². The highest BCUT2D eigenvalue weighted by atomic mass is 16.8. The highest BCUT2D eigenvalue weighted by molar-refractivity contribution is 4.97. The molecular weight excluding hydrogens is 636 g/mol. The van der Waals surface area contributed by atoms with Crippen molar-refractivity contribution in [3.05, 3.63) is 0 Å². The second-order valence-electron chi connectivity index (χ2n) is 11.4. The van der Waals surface area contributed by atoms with Crippen molar-refractivity contribution in [2.24, 2.45) is 0 Å². The summed E-state index contributed by atoms with van der Waals surface area (Å²) in [5.41, 5.74) is 0. The van der Waals surface area contributed by atoms with Gasteiger partial charge in [-0.15, -0.1) is 0 Å². The Labute approximate surface area is 261 Å². The average molecular weight is 681 g/mol. The highest BCUT2D eigenvalue weighted by Crippen LogP contribution is 2.35. The Balaban J connectivity index is 1.63. The van der Waals surface area contributed by atoms with Gasteiger partial charge in [-0.1, -0.05) is 0 Å². The third-order valence-electron chi connectivity index (χ3n) is 8.43. The largest absolute Gasteiger partial charge is 0.394 e. The summed E-state index contributed by atoms with van der Waals surface area (Å²) in [6, 6.07) is 0. The minimum absolute atomic E-state index is 0.705. The lowest BCUT2D eigenvalue weighted by Crippen LogP contribution is -2.68. The molecule has 21 nitrogen and oxygen atoms in total. The Morgan fingerprint density at radius 3 is 1.00 bits per heavy atom. The van der Waals surface area contributed by atoms with E-state index in [2.05, 4.69) is 0 Å². The van der Waals surface area contributed by atoms with Crippen molar-refractivity contribution in [3.63, 3.8) is 0 Å². The molecule has 4 fully saturated rings. The lowest BCUT2D eigenvalue weighted by Gasteiger charge is -2.49. The average Bonchev–Trinajstić information content (AvgIpc) is 3.05. The Bertz CT molecular complexity index is 930. The number of aliphatic hydroxyl groups is 13. The van der Waals surface area contributed by atoms with Crippen molar-refractivity contribution >= 4 is 0 Å². The van der Waals surface area contributed by atoms with E-state index in [1.54, 1.807) is 0 Å². The lowest BCUT2D eigenvalue weighted by atomic mass is 9.96. The van der Waals surface area contributed by atoms with Gasteiger partial charge in [0, 0.05) is 7.11 Å². The van der Waals surface area contributed by atoms with E-state index in [-0.39, 0.29) is 0 Å². The molecule has 0 aromatic rings. The molecule has 4 aliphatic heterocycles. The van der Waals surface area contributed by atoms with Crippen LogP contribution in [-0.2, 0) is 37.9 Å². The molecule has 21 heteroatoms. The fourth-order valence-electron chi connectivity index (χ4n) is 5.66. The van der Waals surface area contributed by atoms with Gasteiger partial charge in [0.15, 0.2) is 25.2 Å². The summed E-state index contributed by atoms with van der Waals surface area (Å²) >= 11 is 0. The van der Waals surface area contributed by atoms with E-state index in [9.17, 15) is 66.4 Å². The molecule has 4 aliphatic rings. The van der Waals surface area contributed by atoms with Gasteiger partial charge in [-0.2, -0.15) is 0 Å². The molecule has 0 aromatic heterocycles. The third kappa shape index (κ3) is 7.50. The number of hydrogen-bond donors (Lipinski definition) is 13. The van der Waals surface area contributed by atoms with Crippen LogP contribution < -0.4 is 0 Å². The maximum Gasteiger partial charge on any atom is 0.187 e. The number of rotatable bonds is 11. The van der Waals surface area contributed by atoms with Crippen LogP contribution in [0.4, 0.5) is 0 Å². The van der Waals surface area contributed by atoms with Crippen molar-refractivity contribution < 1.29 is 104 Å². The van der Waals surface area contributed by atoms with Crippen molar-refractivity contribution in [1.29, 1.82) is 0 Å². The first-order valence-corrected chi connectivity index (χ1v) is 14.5. The summed E-state index contributed by atoms with van der Waals surface area (Å²) in [6.07, 6.45) is -35.0. The van der Waals surface area contributed by atoms with Crippen LogP contribution in [0.2, 0.25) is 0 Å². The zero-order valence-corrected chi connectivity index (χ0v) is 24.5. The highest BCUT2D eigenvalue weighted by Gasteiger charge is 2.56. The number of aliphatic hydroxyl groups excluding tert-OH is 13. The summed E-state index contributed by atoms with van der Waals surface area (Å²) in [4.78, 5) is 0. The Kier molecular flexibility index (Phi) is 13.4. The minimum atomic E-state index is -1.99. The normalized spacial score (nSPS) is 52.0. The molecule has 4 heterocycles. The van der Waals surface area contributed by atoms with Crippen molar-refractivity contribution in [3.8, 4) is 0 Å². The predicted molar refractivity (Wildman–Crippen MR) is 139 cm³/mol. The smallest absolute Gasteiger partial charge is 0.187 e. The maximum atomic E-state index is 11.0. The Hall–Kier alpha value is -0.840. The first kappa shape index (κ1) is 38.0. The van der Waals surface area contributed by atoms with Gasteiger partial charge in [0.05, 0.1) is 26.4 Å². The molecule has 0 radical (unpaired) electrons.